The SMILES string of the molecule is Cc1nc(-c2ccc3c(c2)CCN3C(=O)Cc2ccc(-n3cnnn3)cc2)cs1. The molecule has 0 bridgehead atoms. The van der Waals surface area contributed by atoms with Gasteiger partial charge in [0.05, 0.1) is 22.8 Å². The predicted molar refractivity (Wildman–Crippen MR) is 111 cm³/mol. The van der Waals surface area contributed by atoms with Crippen LogP contribution in [0.5, 0.6) is 0 Å². The third kappa shape index (κ3) is 3.42. The molecule has 0 fully saturated rings. The van der Waals surface area contributed by atoms with Crippen molar-refractivity contribution in [3.05, 3.63) is 70.3 Å². The zero-order valence-electron chi connectivity index (χ0n) is 15.8. The maximum atomic E-state index is 12.9. The van der Waals surface area contributed by atoms with E-state index in [1.807, 2.05) is 42.2 Å². The van der Waals surface area contributed by atoms with Crippen molar-refractivity contribution in [2.45, 2.75) is 19.8 Å². The summed E-state index contributed by atoms with van der Waals surface area (Å²) in [6.07, 6.45) is 2.78. The number of carbonyl (C=O) groups is 1. The van der Waals surface area contributed by atoms with Gasteiger partial charge in [0.1, 0.15) is 6.33 Å². The first-order chi connectivity index (χ1) is 14.2. The second kappa shape index (κ2) is 7.21. The van der Waals surface area contributed by atoms with Crippen molar-refractivity contribution in [2.24, 2.45) is 0 Å². The molecule has 8 heteroatoms. The Morgan fingerprint density at radius 2 is 2.03 bits per heavy atom. The van der Waals surface area contributed by atoms with Crippen molar-refractivity contribution in [3.63, 3.8) is 0 Å². The van der Waals surface area contributed by atoms with Gasteiger partial charge in [0.2, 0.25) is 5.91 Å². The van der Waals surface area contributed by atoms with E-state index in [4.69, 9.17) is 0 Å². The van der Waals surface area contributed by atoms with Gasteiger partial charge in [-0.15, -0.1) is 16.4 Å². The molecule has 0 radical (unpaired) electrons. The van der Waals surface area contributed by atoms with Crippen LogP contribution in [0, 0.1) is 6.92 Å². The summed E-state index contributed by atoms with van der Waals surface area (Å²) in [6.45, 7) is 2.73. The summed E-state index contributed by atoms with van der Waals surface area (Å²) >= 11 is 1.65. The van der Waals surface area contributed by atoms with Crippen molar-refractivity contribution in [3.8, 4) is 16.9 Å². The van der Waals surface area contributed by atoms with Gasteiger partial charge in [-0.3, -0.25) is 4.79 Å². The topological polar surface area (TPSA) is 76.8 Å². The molecule has 4 aromatic rings. The number of hydrogen-bond acceptors (Lipinski definition) is 6. The van der Waals surface area contributed by atoms with Crippen LogP contribution in [0.3, 0.4) is 0 Å². The molecule has 144 valence electrons. The van der Waals surface area contributed by atoms with Crippen LogP contribution in [-0.4, -0.2) is 37.6 Å². The monoisotopic (exact) mass is 402 g/mol. The molecule has 0 aliphatic carbocycles. The number of hydrogen-bond donors (Lipinski definition) is 0. The molecule has 29 heavy (non-hydrogen) atoms. The molecule has 1 amide bonds. The van der Waals surface area contributed by atoms with Crippen molar-refractivity contribution in [2.75, 3.05) is 11.4 Å². The minimum Gasteiger partial charge on any atom is -0.312 e. The van der Waals surface area contributed by atoms with Crippen LogP contribution in [0.25, 0.3) is 16.9 Å². The second-order valence-corrected chi connectivity index (χ2v) is 8.05. The number of anilines is 1. The highest BCUT2D eigenvalue weighted by atomic mass is 32.1. The zero-order valence-corrected chi connectivity index (χ0v) is 16.6. The van der Waals surface area contributed by atoms with E-state index in [0.717, 1.165) is 46.2 Å². The Bertz CT molecular complexity index is 1170. The standard InChI is InChI=1S/C21H18N6OS/c1-14-23-19(12-29-14)16-4-7-20-17(11-16)8-9-26(20)21(28)10-15-2-5-18(6-3-15)27-13-22-24-25-27/h2-7,11-13H,8-10H2,1H3. The van der Waals surface area contributed by atoms with E-state index in [2.05, 4.69) is 38.0 Å². The first-order valence-electron chi connectivity index (χ1n) is 9.35. The third-order valence-electron chi connectivity index (χ3n) is 5.10. The minimum atomic E-state index is 0.108. The lowest BCUT2D eigenvalue weighted by Gasteiger charge is -2.17. The highest BCUT2D eigenvalue weighted by Gasteiger charge is 2.25. The number of nitrogens with zero attached hydrogens (tertiary/aromatic N) is 6. The molecule has 0 atom stereocenters. The van der Waals surface area contributed by atoms with E-state index < -0.39 is 0 Å². The molecular weight excluding hydrogens is 384 g/mol. The number of amides is 1. The first kappa shape index (κ1) is 17.7. The average molecular weight is 402 g/mol. The van der Waals surface area contributed by atoms with Gasteiger partial charge in [0.25, 0.3) is 0 Å². The fourth-order valence-electron chi connectivity index (χ4n) is 3.63. The highest BCUT2D eigenvalue weighted by Crippen LogP contribution is 2.33. The molecular formula is C21H18N6OS. The lowest BCUT2D eigenvalue weighted by atomic mass is 10.1. The third-order valence-corrected chi connectivity index (χ3v) is 5.87. The molecule has 2 aromatic carbocycles. The van der Waals surface area contributed by atoms with E-state index in [-0.39, 0.29) is 5.91 Å². The van der Waals surface area contributed by atoms with Crippen molar-refractivity contribution in [1.29, 1.82) is 0 Å². The zero-order chi connectivity index (χ0) is 19.8. The molecule has 1 aliphatic heterocycles. The smallest absolute Gasteiger partial charge is 0.231 e. The molecule has 0 N–H and O–H groups in total. The van der Waals surface area contributed by atoms with Crippen LogP contribution in [0.1, 0.15) is 16.1 Å². The number of thiazole rings is 1. The van der Waals surface area contributed by atoms with Crippen molar-refractivity contribution >= 4 is 22.9 Å². The van der Waals surface area contributed by atoms with Crippen LogP contribution in [0.2, 0.25) is 0 Å². The fraction of sp³-hybridized carbons (Fsp3) is 0.190. The highest BCUT2D eigenvalue weighted by molar-refractivity contribution is 7.09. The minimum absolute atomic E-state index is 0.108. The summed E-state index contributed by atoms with van der Waals surface area (Å²) < 4.78 is 1.59. The first-order valence-corrected chi connectivity index (χ1v) is 10.2. The lowest BCUT2D eigenvalue weighted by Crippen LogP contribution is -2.30. The Hall–Kier alpha value is -3.39. The predicted octanol–water partition coefficient (Wildman–Crippen LogP) is 3.23. The number of aromatic nitrogens is 5. The second-order valence-electron chi connectivity index (χ2n) is 6.99. The number of fused-ring (bicyclic) bond motifs is 1. The Balaban J connectivity index is 1.32. The Labute approximate surface area is 171 Å². The summed E-state index contributed by atoms with van der Waals surface area (Å²) in [5.74, 6) is 0.108. The van der Waals surface area contributed by atoms with Crippen LogP contribution in [0.4, 0.5) is 5.69 Å². The quantitative estimate of drug-likeness (QED) is 0.524. The summed E-state index contributed by atoms with van der Waals surface area (Å²) in [5.41, 5.74) is 6.16. The van der Waals surface area contributed by atoms with Gasteiger partial charge >= 0.3 is 0 Å². The number of carbonyl (C=O) groups excluding carboxylic acids is 1. The van der Waals surface area contributed by atoms with Crippen LogP contribution in [-0.2, 0) is 17.6 Å². The van der Waals surface area contributed by atoms with E-state index >= 15 is 0 Å². The van der Waals surface area contributed by atoms with Gasteiger partial charge in [-0.1, -0.05) is 18.2 Å². The van der Waals surface area contributed by atoms with Gasteiger partial charge in [0, 0.05) is 23.2 Å². The molecule has 5 rings (SSSR count). The summed E-state index contributed by atoms with van der Waals surface area (Å²) in [4.78, 5) is 19.4. The van der Waals surface area contributed by atoms with Gasteiger partial charge in [-0.05, 0) is 59.2 Å². The number of tetrazole rings is 1. The molecule has 7 nitrogen and oxygen atoms in total. The van der Waals surface area contributed by atoms with Crippen molar-refractivity contribution in [1.82, 2.24) is 25.2 Å². The summed E-state index contributed by atoms with van der Waals surface area (Å²) in [7, 11) is 0. The Morgan fingerprint density at radius 1 is 1.17 bits per heavy atom. The largest absolute Gasteiger partial charge is 0.312 e. The molecule has 0 spiro atoms. The lowest BCUT2D eigenvalue weighted by molar-refractivity contribution is -0.117. The molecule has 1 aliphatic rings. The van der Waals surface area contributed by atoms with Crippen LogP contribution >= 0.6 is 11.3 Å². The number of benzene rings is 2. The van der Waals surface area contributed by atoms with Crippen molar-refractivity contribution < 1.29 is 4.79 Å². The average Bonchev–Trinajstić information content (AvgIpc) is 3.48. The van der Waals surface area contributed by atoms with Crippen LogP contribution in [0.15, 0.2) is 54.2 Å². The number of aryl methyl sites for hydroxylation is 1. The van der Waals surface area contributed by atoms with Gasteiger partial charge in [0.15, 0.2) is 0 Å². The molecule has 0 saturated carbocycles. The molecule has 2 aromatic heterocycles. The van der Waals surface area contributed by atoms with E-state index in [1.165, 1.54) is 5.56 Å². The normalized spacial score (nSPS) is 12.9. The summed E-state index contributed by atoms with van der Waals surface area (Å²) in [5, 5.41) is 14.3. The fourth-order valence-corrected chi connectivity index (χ4v) is 4.25. The molecule has 3 heterocycles. The maximum Gasteiger partial charge on any atom is 0.231 e. The molecule has 0 unspecified atom stereocenters. The van der Waals surface area contributed by atoms with Crippen LogP contribution < -0.4 is 4.90 Å². The number of rotatable bonds is 4. The van der Waals surface area contributed by atoms with E-state index in [0.29, 0.717) is 6.42 Å². The molecule has 0 saturated heterocycles. The van der Waals surface area contributed by atoms with E-state index in [1.54, 1.807) is 22.3 Å². The maximum absolute atomic E-state index is 12.9. The van der Waals surface area contributed by atoms with E-state index in [9.17, 15) is 4.79 Å². The Morgan fingerprint density at radius 3 is 2.76 bits per heavy atom. The van der Waals surface area contributed by atoms with Gasteiger partial charge < -0.3 is 4.90 Å². The Kier molecular flexibility index (Phi) is 4.40. The summed E-state index contributed by atoms with van der Waals surface area (Å²) in [6, 6.07) is 14.0. The van der Waals surface area contributed by atoms with Gasteiger partial charge in [-0.2, -0.15) is 0 Å². The van der Waals surface area contributed by atoms with Gasteiger partial charge in [-0.25, -0.2) is 9.67 Å².